The Morgan fingerprint density at radius 2 is 0.905 bits per heavy atom. The van der Waals surface area contributed by atoms with Crippen LogP contribution in [0.5, 0.6) is 0 Å². The first-order valence-corrected chi connectivity index (χ1v) is 50.4. The number of benzene rings is 6. The number of nitrogens with zero attached hydrogens (tertiary/aromatic N) is 16. The summed E-state index contributed by atoms with van der Waals surface area (Å²) < 4.78 is 19.8. The zero-order valence-electron chi connectivity index (χ0n) is 80.4. The van der Waals surface area contributed by atoms with E-state index in [1.807, 2.05) is 154 Å². The number of carbonyl (C=O) groups is 8. The van der Waals surface area contributed by atoms with Crippen LogP contribution in [0.15, 0.2) is 255 Å². The number of aromatic amines is 2. The first-order chi connectivity index (χ1) is 69.3. The molecule has 740 valence electrons. The third kappa shape index (κ3) is 28.8. The second kappa shape index (κ2) is 52.8. The van der Waals surface area contributed by atoms with E-state index in [9.17, 15) is 38.4 Å². The van der Waals surface area contributed by atoms with Gasteiger partial charge in [0.1, 0.15) is 53.2 Å². The van der Waals surface area contributed by atoms with Crippen molar-refractivity contribution in [1.29, 1.82) is 0 Å². The zero-order chi connectivity index (χ0) is 103. The van der Waals surface area contributed by atoms with E-state index >= 15 is 0 Å². The number of carboxylic acid groups (broad SMARTS) is 1. The summed E-state index contributed by atoms with van der Waals surface area (Å²) >= 11 is 17.9. The van der Waals surface area contributed by atoms with Gasteiger partial charge >= 0.3 is 48.8 Å². The Kier molecular flexibility index (Phi) is 40.4. The Balaban J connectivity index is 0.000000182. The van der Waals surface area contributed by atoms with Crippen LogP contribution in [0.25, 0.3) is 50.0 Å². The number of nitrogens with two attached hydrogens (primary N) is 1. The van der Waals surface area contributed by atoms with Crippen molar-refractivity contribution in [3.63, 3.8) is 0 Å². The van der Waals surface area contributed by atoms with Gasteiger partial charge in [0.25, 0.3) is 17.7 Å². The topological polar surface area (TPSA) is 443 Å². The van der Waals surface area contributed by atoms with Gasteiger partial charge < -0.3 is 51.7 Å². The number of esters is 2. The number of nitrogens with one attached hydrogen (secondary N) is 5. The van der Waals surface area contributed by atoms with Crippen LogP contribution in [-0.2, 0) is 31.9 Å². The molecule has 20 rings (SSSR count). The number of imidazole rings is 5. The number of terminal acetylenes is 2. The fraction of sp³-hybridized carbons (Fsp3) is 0.168. The Hall–Kier alpha value is -16.3. The Morgan fingerprint density at radius 3 is 1.36 bits per heavy atom. The number of carboxylic acids is 1. The van der Waals surface area contributed by atoms with Crippen LogP contribution in [0, 0.1) is 91.1 Å². The van der Waals surface area contributed by atoms with Gasteiger partial charge in [-0.05, 0) is 245 Å². The zero-order valence-corrected chi connectivity index (χ0v) is 86.7. The minimum atomic E-state index is -1.10. The molecule has 0 aliphatic carbocycles. The molecule has 9 N–H and O–H groups in total. The minimum absolute atomic E-state index is 0. The van der Waals surface area contributed by atoms with Gasteiger partial charge in [-0.1, -0.05) is 123 Å². The van der Waals surface area contributed by atoms with Crippen LogP contribution in [0.3, 0.4) is 0 Å². The van der Waals surface area contributed by atoms with Crippen LogP contribution in [0.4, 0.5) is 9.59 Å². The number of imide groups is 2. The van der Waals surface area contributed by atoms with Crippen LogP contribution >= 0.6 is 61.7 Å². The van der Waals surface area contributed by atoms with E-state index in [4.69, 9.17) is 51.6 Å². The average Bonchev–Trinajstić information content (AvgIpc) is 1.64. The van der Waals surface area contributed by atoms with E-state index in [1.54, 1.807) is 147 Å². The fourth-order valence-corrected chi connectivity index (χ4v) is 15.4. The van der Waals surface area contributed by atoms with E-state index in [0.29, 0.717) is 62.2 Å². The Labute approximate surface area is 890 Å². The molecule has 0 saturated carbocycles. The molecule has 14 heterocycles. The number of halogens is 4. The summed E-state index contributed by atoms with van der Waals surface area (Å²) in [6.45, 7) is 14.9. The molecule has 0 spiro atoms. The molecule has 2 fully saturated rings. The number of H-pyrrole nitrogens is 2. The molecule has 12 aromatic heterocycles. The monoisotopic (exact) mass is 2190 g/mol. The van der Waals surface area contributed by atoms with Gasteiger partial charge in [-0.25, -0.2) is 67.0 Å². The first-order valence-electron chi connectivity index (χ1n) is 44.3. The number of aromatic nitrogens is 16. The molecule has 2 aliphatic rings. The molecule has 40 heteroatoms. The number of fused-ring (bicyclic) bond motifs is 7. The summed E-state index contributed by atoms with van der Waals surface area (Å²) in [4.78, 5) is 125. The summed E-state index contributed by atoms with van der Waals surface area (Å²) in [5, 5.41) is 36.8. The normalized spacial score (nSPS) is 12.4. The molecule has 2 aliphatic heterocycles. The van der Waals surface area contributed by atoms with E-state index < -0.39 is 32.2 Å². The molecule has 147 heavy (non-hydrogen) atoms. The predicted molar refractivity (Wildman–Crippen MR) is 572 cm³/mol. The number of hydrogen-bond donors (Lipinski definition) is 7. The van der Waals surface area contributed by atoms with Crippen molar-refractivity contribution >= 4 is 168 Å². The number of ether oxygens (including phenoxy) is 2. The first kappa shape index (κ1) is 113. The van der Waals surface area contributed by atoms with Crippen molar-refractivity contribution in [2.24, 2.45) is 5.73 Å². The van der Waals surface area contributed by atoms with E-state index in [2.05, 4.69) is 181 Å². The molecule has 0 radical (unpaired) electrons. The number of carbonyl (C=O) groups excluding carboxylic acids is 7. The summed E-state index contributed by atoms with van der Waals surface area (Å²) in [6.07, 6.45) is 31.7. The van der Waals surface area contributed by atoms with Crippen molar-refractivity contribution in [1.82, 2.24) is 103 Å². The smallest absolute Gasteiger partial charge is 0.870 e. The van der Waals surface area contributed by atoms with Gasteiger partial charge in [0.05, 0.1) is 83.0 Å². The number of aromatic carboxylic acids is 1. The van der Waals surface area contributed by atoms with Gasteiger partial charge in [0.15, 0.2) is 22.6 Å². The van der Waals surface area contributed by atoms with Gasteiger partial charge in [0.2, 0.25) is 0 Å². The van der Waals surface area contributed by atoms with Crippen LogP contribution in [0.1, 0.15) is 122 Å². The summed E-state index contributed by atoms with van der Waals surface area (Å²) in [5.74, 6) is 18.3. The number of para-hydroxylation sites is 2. The summed E-state index contributed by atoms with van der Waals surface area (Å²) in [5.41, 5.74) is 26.2. The number of urea groups is 2. The number of amides is 7. The van der Waals surface area contributed by atoms with Crippen molar-refractivity contribution in [3.8, 4) is 59.8 Å². The molecule has 2 saturated heterocycles. The number of hydrogen-bond acceptors (Lipinski definition) is 21. The average molecular weight is 2200 g/mol. The SMILES string of the molecule is Brc1cnc2cccnn12.C.C#C[Si](C)(C)C.C#Cc1cnc2cccnn12.COC(=O)c1ccc(C)c(C#Cc2cnc3cccnn23)c1.COC(=O)c1ccc(C)c(I)c1.Cc1ccc(C(=O)NCCN2C(=O)NC(Cc3c[nH]c4c(Cl)cccc34)C2=O)cc1C#Cc1cnc2ccccn12.Cc1ccc(C(=O)O)cc1C#Cc1cnc2cccnn12.NCCN1C(=O)NC(Cc2c[nH]c3c(Cl)cccc23)C1=O.[Li+].[OH-]. The fourth-order valence-electron chi connectivity index (χ4n) is 14.1. The number of pyridine rings is 1. The van der Waals surface area contributed by atoms with Gasteiger partial charge in [-0.15, -0.1) is 18.4 Å². The molecule has 18 aromatic rings. The molecule has 7 amide bonds. The van der Waals surface area contributed by atoms with Gasteiger partial charge in [0, 0.05) is 119 Å². The maximum atomic E-state index is 13.0. The molecular weight excluding hydrogens is 2100 g/mol. The van der Waals surface area contributed by atoms with Crippen molar-refractivity contribution in [2.45, 2.75) is 79.7 Å². The Bertz CT molecular complexity index is 8210. The van der Waals surface area contributed by atoms with E-state index in [0.717, 1.165) is 113 Å². The van der Waals surface area contributed by atoms with Crippen molar-refractivity contribution in [2.75, 3.05) is 40.4 Å². The third-order valence-corrected chi connectivity index (χ3v) is 25.0. The second-order valence-electron chi connectivity index (χ2n) is 32.8. The standard InChI is InChI=1S/C31H25ClN6O3.C17H13N3O2.C16H11N3O2.C14H15ClN4O2.C9H9IO2.C8H5N3.C6H4BrN3.C5H10Si.CH4.Li.H2O/c1-19-8-9-21(15-20(19)10-11-23-18-34-27-7-2-3-13-37(23)27)29(39)33-12-14-38-30(40)26(36-31(38)41)16-22-17-35-28-24(22)5-4-6-25(28)32;1-12-5-6-14(17(21)22-2)10-13(12)7-8-15-11-18-16-4-3-9-19-20(15)16;1-11-4-5-13(16(20)21)9-12(11)6-7-14-10-17-15-3-2-8-18-19(14)15;15-10-3-1-2-9-8(7-17-12(9)10)6-11-13(20)19(5-4-16)14(21)18-11;1-6-3-4-7(5-8(6)10)9(11)12-2;1-2-7-6-9-8-4-3-5-10-11(7)8;7-5-4-8-6-2-1-3-9-10(5)6;1-5-6(2,3)4;;;/h2-9,13,15,17-18,26,35H,12,14,16H2,1H3,(H,33,39)(H,36,41);3-6,9-11H,1-2H3;2-5,8-10H,1H3,(H,20,21);1-3,7,11,17H,4-6,16H2,(H,18,21);3-5H,1-2H3;1,3-6H;1-4H;1H,2-4H3;1H4;;1H2/q;;;;;;;;;+1;/p-1. The number of methoxy groups -OCH3 is 2. The third-order valence-electron chi connectivity index (χ3n) is 21.8. The largest absolute Gasteiger partial charge is 1.00 e. The summed E-state index contributed by atoms with van der Waals surface area (Å²) in [6, 6.07) is 50.5. The minimum Gasteiger partial charge on any atom is -0.870 e. The summed E-state index contributed by atoms with van der Waals surface area (Å²) in [7, 11) is 1.64. The molecule has 2 unspecified atom stereocenters. The Morgan fingerprint density at radius 1 is 0.510 bits per heavy atom. The van der Waals surface area contributed by atoms with Gasteiger partial charge in [-0.3, -0.25) is 28.6 Å². The predicted octanol–water partition coefficient (Wildman–Crippen LogP) is 13.2. The van der Waals surface area contributed by atoms with Gasteiger partial charge in [-0.2, -0.15) is 20.4 Å². The van der Waals surface area contributed by atoms with E-state index in [1.165, 1.54) is 19.8 Å². The molecule has 6 aromatic carbocycles. The molecule has 34 nitrogen and oxygen atoms in total. The number of aryl methyl sites for hydroxylation is 4. The van der Waals surface area contributed by atoms with Crippen molar-refractivity contribution < 1.29 is 77.3 Å². The van der Waals surface area contributed by atoms with Crippen LogP contribution in [-0.4, -0.2) is 206 Å². The van der Waals surface area contributed by atoms with E-state index in [-0.39, 0.29) is 99.2 Å². The molecule has 0 bridgehead atoms. The molecule has 2 atom stereocenters. The maximum Gasteiger partial charge on any atom is 1.00 e. The maximum absolute atomic E-state index is 13.0. The second-order valence-corrected chi connectivity index (χ2v) is 40.4. The quantitative estimate of drug-likeness (QED) is 0.0185. The number of rotatable bonds is 13. The molecular formula is C107H97BrCl2ILiN22O12Si. The van der Waals surface area contributed by atoms with Crippen molar-refractivity contribution in [3.05, 3.63) is 364 Å². The van der Waals surface area contributed by atoms with Crippen LogP contribution < -0.4 is 40.5 Å². The van der Waals surface area contributed by atoms with Crippen LogP contribution in [0.2, 0.25) is 29.7 Å².